The fourth-order valence-electron chi connectivity index (χ4n) is 4.30. The third kappa shape index (κ3) is 2.93. The average molecular weight is 367 g/mol. The maximum Gasteiger partial charge on any atom is 0.230 e. The molecule has 2 aromatic heterocycles. The first-order valence-corrected chi connectivity index (χ1v) is 9.86. The van der Waals surface area contributed by atoms with Crippen molar-refractivity contribution in [2.24, 2.45) is 0 Å². The molecule has 0 N–H and O–H groups in total. The first kappa shape index (κ1) is 16.9. The maximum atomic E-state index is 13.1. The van der Waals surface area contributed by atoms with E-state index >= 15 is 0 Å². The Bertz CT molecular complexity index is 1170. The van der Waals surface area contributed by atoms with E-state index in [9.17, 15) is 4.79 Å². The SMILES string of the molecule is Cc1ccc2c(c1)C(=O)C([n+]1ccc3c(ccn3Cc3ccccc3)c1)CC2. The molecule has 0 saturated carbocycles. The number of aromatic nitrogens is 2. The van der Waals surface area contributed by atoms with E-state index in [1.54, 1.807) is 0 Å². The Hall–Kier alpha value is -3.20. The lowest BCUT2D eigenvalue weighted by Crippen LogP contribution is -2.45. The van der Waals surface area contributed by atoms with Gasteiger partial charge in [-0.3, -0.25) is 4.79 Å². The molecule has 0 fully saturated rings. The lowest BCUT2D eigenvalue weighted by atomic mass is 9.86. The molecule has 2 heterocycles. The Morgan fingerprint density at radius 1 is 1.07 bits per heavy atom. The zero-order valence-electron chi connectivity index (χ0n) is 16.0. The molecule has 2 aromatic carbocycles. The van der Waals surface area contributed by atoms with E-state index in [-0.39, 0.29) is 11.8 Å². The van der Waals surface area contributed by atoms with Crippen LogP contribution in [-0.2, 0) is 13.0 Å². The van der Waals surface area contributed by atoms with Crippen LogP contribution in [0.3, 0.4) is 0 Å². The van der Waals surface area contributed by atoms with Crippen molar-refractivity contribution in [2.45, 2.75) is 32.4 Å². The summed E-state index contributed by atoms with van der Waals surface area (Å²) in [5.74, 6) is 0.234. The van der Waals surface area contributed by atoms with Crippen molar-refractivity contribution < 1.29 is 9.36 Å². The van der Waals surface area contributed by atoms with Gasteiger partial charge in [-0.2, -0.15) is 4.57 Å². The van der Waals surface area contributed by atoms with Gasteiger partial charge >= 0.3 is 0 Å². The first-order chi connectivity index (χ1) is 13.7. The maximum absolute atomic E-state index is 13.1. The number of carbonyl (C=O) groups excluding carboxylic acids is 1. The molecule has 0 saturated heterocycles. The molecule has 0 radical (unpaired) electrons. The summed E-state index contributed by atoms with van der Waals surface area (Å²) in [5.41, 5.74) is 5.70. The van der Waals surface area contributed by atoms with Crippen LogP contribution in [0.2, 0.25) is 0 Å². The number of aryl methyl sites for hydroxylation is 2. The highest BCUT2D eigenvalue weighted by atomic mass is 16.1. The van der Waals surface area contributed by atoms with Crippen LogP contribution in [0.1, 0.15) is 39.5 Å². The number of hydrogen-bond donors (Lipinski definition) is 0. The highest BCUT2D eigenvalue weighted by Gasteiger charge is 2.34. The molecule has 0 spiro atoms. The Kier molecular flexibility index (Phi) is 4.09. The second kappa shape index (κ2) is 6.75. The van der Waals surface area contributed by atoms with Gasteiger partial charge in [0.25, 0.3) is 0 Å². The van der Waals surface area contributed by atoms with E-state index in [1.165, 1.54) is 22.0 Å². The first-order valence-electron chi connectivity index (χ1n) is 9.86. The second-order valence-corrected chi connectivity index (χ2v) is 7.74. The molecule has 4 aromatic rings. The average Bonchev–Trinajstić information content (AvgIpc) is 3.11. The standard InChI is InChI=1S/C25H23N2O/c1-18-7-8-20-9-10-24(25(28)22(20)15-18)27-14-12-23-21(17-27)11-13-26(23)16-19-5-3-2-4-6-19/h2-8,11-15,17,24H,9-10,16H2,1H3/q+1. The number of benzene rings is 2. The van der Waals surface area contributed by atoms with Gasteiger partial charge in [-0.15, -0.1) is 0 Å². The van der Waals surface area contributed by atoms with E-state index in [4.69, 9.17) is 0 Å². The lowest BCUT2D eigenvalue weighted by molar-refractivity contribution is -0.707. The molecular weight excluding hydrogens is 344 g/mol. The van der Waals surface area contributed by atoms with Crippen molar-refractivity contribution in [3.63, 3.8) is 0 Å². The molecule has 1 aliphatic rings. The van der Waals surface area contributed by atoms with Crippen LogP contribution < -0.4 is 4.57 Å². The van der Waals surface area contributed by atoms with Gasteiger partial charge in [0.2, 0.25) is 11.8 Å². The molecule has 5 rings (SSSR count). The largest absolute Gasteiger partial charge is 0.343 e. The highest BCUT2D eigenvalue weighted by Crippen LogP contribution is 2.27. The van der Waals surface area contributed by atoms with Crippen LogP contribution in [0.15, 0.2) is 79.3 Å². The summed E-state index contributed by atoms with van der Waals surface area (Å²) in [6, 6.07) is 20.9. The van der Waals surface area contributed by atoms with E-state index in [2.05, 4.69) is 76.3 Å². The molecule has 3 heteroatoms. The summed E-state index contributed by atoms with van der Waals surface area (Å²) in [5, 5.41) is 1.17. The predicted molar refractivity (Wildman–Crippen MR) is 111 cm³/mol. The van der Waals surface area contributed by atoms with Crippen LogP contribution >= 0.6 is 0 Å². The molecular formula is C25H23N2O+. The molecule has 1 unspecified atom stereocenters. The Morgan fingerprint density at radius 3 is 2.79 bits per heavy atom. The smallest absolute Gasteiger partial charge is 0.230 e. The summed E-state index contributed by atoms with van der Waals surface area (Å²) in [6.45, 7) is 2.90. The Morgan fingerprint density at radius 2 is 1.93 bits per heavy atom. The number of hydrogen-bond acceptors (Lipinski definition) is 1. The van der Waals surface area contributed by atoms with Gasteiger partial charge in [-0.25, -0.2) is 0 Å². The van der Waals surface area contributed by atoms with Gasteiger partial charge in [0.05, 0.1) is 10.9 Å². The molecule has 1 atom stereocenters. The minimum Gasteiger partial charge on any atom is -0.343 e. The molecule has 1 aliphatic carbocycles. The fourth-order valence-corrected chi connectivity index (χ4v) is 4.30. The van der Waals surface area contributed by atoms with Gasteiger partial charge < -0.3 is 4.57 Å². The number of ketones is 1. The monoisotopic (exact) mass is 367 g/mol. The number of carbonyl (C=O) groups is 1. The lowest BCUT2D eigenvalue weighted by Gasteiger charge is -2.20. The normalized spacial score (nSPS) is 16.3. The van der Waals surface area contributed by atoms with Crippen LogP contribution in [0.5, 0.6) is 0 Å². The van der Waals surface area contributed by atoms with E-state index < -0.39 is 0 Å². The summed E-state index contributed by atoms with van der Waals surface area (Å²) in [7, 11) is 0. The van der Waals surface area contributed by atoms with Crippen molar-refractivity contribution >= 4 is 16.7 Å². The predicted octanol–water partition coefficient (Wildman–Crippen LogP) is 4.66. The molecule has 3 nitrogen and oxygen atoms in total. The van der Waals surface area contributed by atoms with Gasteiger partial charge in [0.1, 0.15) is 0 Å². The van der Waals surface area contributed by atoms with Crippen molar-refractivity contribution in [3.8, 4) is 0 Å². The fraction of sp³-hybridized carbons (Fsp3) is 0.200. The van der Waals surface area contributed by atoms with Gasteiger partial charge in [-0.05, 0) is 36.6 Å². The number of nitrogens with zero attached hydrogens (tertiary/aromatic N) is 2. The van der Waals surface area contributed by atoms with Gasteiger partial charge in [0.15, 0.2) is 12.4 Å². The van der Waals surface area contributed by atoms with Gasteiger partial charge in [-0.1, -0.05) is 48.0 Å². The number of rotatable bonds is 3. The van der Waals surface area contributed by atoms with Crippen molar-refractivity contribution in [1.29, 1.82) is 0 Å². The quantitative estimate of drug-likeness (QED) is 0.484. The third-order valence-electron chi connectivity index (χ3n) is 5.81. The molecule has 28 heavy (non-hydrogen) atoms. The number of Topliss-reactive ketones (excluding diaryl/α,β-unsaturated/α-hetero) is 1. The summed E-state index contributed by atoms with van der Waals surface area (Å²) in [6.07, 6.45) is 8.12. The topological polar surface area (TPSA) is 25.9 Å². The number of pyridine rings is 1. The summed E-state index contributed by atoms with van der Waals surface area (Å²) in [4.78, 5) is 13.1. The minimum atomic E-state index is -0.115. The van der Waals surface area contributed by atoms with E-state index in [0.717, 1.165) is 30.5 Å². The molecule has 0 bridgehead atoms. The minimum absolute atomic E-state index is 0.115. The Labute approximate surface area is 164 Å². The molecule has 0 aliphatic heterocycles. The third-order valence-corrected chi connectivity index (χ3v) is 5.81. The molecule has 138 valence electrons. The van der Waals surface area contributed by atoms with Gasteiger partial charge in [0, 0.05) is 30.8 Å². The van der Waals surface area contributed by atoms with E-state index in [1.807, 2.05) is 19.1 Å². The molecule has 0 amide bonds. The van der Waals surface area contributed by atoms with Crippen LogP contribution in [0.4, 0.5) is 0 Å². The highest BCUT2D eigenvalue weighted by molar-refractivity contribution is 6.00. The van der Waals surface area contributed by atoms with Crippen LogP contribution in [0.25, 0.3) is 10.9 Å². The number of fused-ring (bicyclic) bond motifs is 2. The summed E-state index contributed by atoms with van der Waals surface area (Å²) >= 11 is 0. The summed E-state index contributed by atoms with van der Waals surface area (Å²) < 4.78 is 4.36. The second-order valence-electron chi connectivity index (χ2n) is 7.74. The van der Waals surface area contributed by atoms with E-state index in [0.29, 0.717) is 0 Å². The zero-order valence-corrected chi connectivity index (χ0v) is 16.0. The van der Waals surface area contributed by atoms with Crippen molar-refractivity contribution in [3.05, 3.63) is 102 Å². The zero-order chi connectivity index (χ0) is 19.1. The van der Waals surface area contributed by atoms with Crippen molar-refractivity contribution in [2.75, 3.05) is 0 Å². The van der Waals surface area contributed by atoms with Crippen molar-refractivity contribution in [1.82, 2.24) is 4.57 Å². The van der Waals surface area contributed by atoms with Crippen LogP contribution in [0, 0.1) is 6.92 Å². The van der Waals surface area contributed by atoms with Crippen LogP contribution in [-0.4, -0.2) is 10.4 Å². The Balaban J connectivity index is 1.47.